The second kappa shape index (κ2) is 10.1. The summed E-state index contributed by atoms with van der Waals surface area (Å²) in [6.45, 7) is 0.000825. The fraction of sp³-hybridized carbons (Fsp3) is 0.292. The lowest BCUT2D eigenvalue weighted by molar-refractivity contribution is -0.146. The van der Waals surface area contributed by atoms with Gasteiger partial charge in [-0.1, -0.05) is 47.1 Å². The van der Waals surface area contributed by atoms with Crippen molar-refractivity contribution < 1.29 is 15.0 Å². The van der Waals surface area contributed by atoms with E-state index in [0.29, 0.717) is 11.9 Å². The first-order valence-electron chi connectivity index (χ1n) is 10.8. The first-order chi connectivity index (χ1) is 16.3. The van der Waals surface area contributed by atoms with Crippen LogP contribution in [-0.4, -0.2) is 47.1 Å². The molecule has 0 saturated heterocycles. The predicted octanol–water partition coefficient (Wildman–Crippen LogP) is 2.93. The Labute approximate surface area is 200 Å². The van der Waals surface area contributed by atoms with Crippen molar-refractivity contribution in [2.45, 2.75) is 31.9 Å². The minimum absolute atomic E-state index is 0.000825. The number of halogens is 1. The molecular weight excluding hydrogens is 458 g/mol. The largest absolute Gasteiger partial charge is 0.481 e. The summed E-state index contributed by atoms with van der Waals surface area (Å²) in [6, 6.07) is 12.8. The minimum Gasteiger partial charge on any atom is -0.481 e. The van der Waals surface area contributed by atoms with Gasteiger partial charge in [0.2, 0.25) is 0 Å². The van der Waals surface area contributed by atoms with Crippen LogP contribution >= 0.6 is 11.6 Å². The van der Waals surface area contributed by atoms with Crippen LogP contribution in [0.25, 0.3) is 22.0 Å². The van der Waals surface area contributed by atoms with Crippen LogP contribution in [0.3, 0.4) is 0 Å². The number of hydrogen-bond donors (Lipinski definition) is 2. The number of hydrogen-bond acceptors (Lipinski definition) is 6. The van der Waals surface area contributed by atoms with E-state index in [-0.39, 0.29) is 29.8 Å². The molecule has 0 unspecified atom stereocenters. The van der Waals surface area contributed by atoms with Crippen LogP contribution in [0.1, 0.15) is 18.4 Å². The molecule has 0 spiro atoms. The summed E-state index contributed by atoms with van der Waals surface area (Å²) in [5, 5.41) is 32.8. The lowest BCUT2D eigenvalue weighted by Gasteiger charge is -2.19. The molecule has 10 heteroatoms. The highest BCUT2D eigenvalue weighted by Crippen LogP contribution is 2.21. The maximum atomic E-state index is 12.7. The van der Waals surface area contributed by atoms with Gasteiger partial charge in [0.05, 0.1) is 28.6 Å². The van der Waals surface area contributed by atoms with Gasteiger partial charge in [-0.2, -0.15) is 5.10 Å². The molecule has 2 aromatic carbocycles. The van der Waals surface area contributed by atoms with Crippen molar-refractivity contribution in [2.75, 3.05) is 0 Å². The van der Waals surface area contributed by atoms with Crippen molar-refractivity contribution in [2.24, 2.45) is 13.0 Å². The fourth-order valence-electron chi connectivity index (χ4n) is 3.92. The van der Waals surface area contributed by atoms with E-state index < -0.39 is 23.6 Å². The van der Waals surface area contributed by atoms with Crippen LogP contribution in [0.2, 0.25) is 5.02 Å². The summed E-state index contributed by atoms with van der Waals surface area (Å²) < 4.78 is 2.83. The number of aliphatic hydroxyl groups excluding tert-OH is 1. The maximum Gasteiger partial charge on any atom is 0.309 e. The summed E-state index contributed by atoms with van der Waals surface area (Å²) in [4.78, 5) is 24.5. The topological polar surface area (TPSA) is 123 Å². The van der Waals surface area contributed by atoms with Gasteiger partial charge in [0.25, 0.3) is 5.56 Å². The van der Waals surface area contributed by atoms with Crippen LogP contribution in [0, 0.1) is 5.92 Å². The number of nitrogens with zero attached hydrogens (tertiary/aromatic N) is 5. The van der Waals surface area contributed by atoms with Crippen LogP contribution < -0.4 is 5.56 Å². The average Bonchev–Trinajstić information content (AvgIpc) is 3.25. The van der Waals surface area contributed by atoms with E-state index in [1.54, 1.807) is 29.1 Å². The standard InChI is InChI=1S/C24H24ClN5O4/c1-29-14-17(13-26-29)16-8-5-15(6-9-16)7-10-21(31)18(24(33)34)11-12-30-23(32)22-19(25)3-2-4-20(22)27-28-30/h2-6,8-9,13-14,18,21,31H,7,10-12H2,1H3,(H,33,34)/t18-,21+/m0/s1. The molecule has 0 saturated carbocycles. The van der Waals surface area contributed by atoms with Gasteiger partial charge < -0.3 is 10.2 Å². The smallest absolute Gasteiger partial charge is 0.309 e. The Balaban J connectivity index is 1.39. The second-order valence-corrected chi connectivity index (χ2v) is 8.60. The monoisotopic (exact) mass is 481 g/mol. The Hall–Kier alpha value is -3.56. The number of aliphatic carboxylic acids is 1. The molecule has 0 radical (unpaired) electrons. The number of carbonyl (C=O) groups is 1. The normalized spacial score (nSPS) is 13.1. The molecule has 34 heavy (non-hydrogen) atoms. The van der Waals surface area contributed by atoms with E-state index in [0.717, 1.165) is 21.4 Å². The van der Waals surface area contributed by atoms with Crippen molar-refractivity contribution in [3.05, 3.63) is 75.8 Å². The minimum atomic E-state index is -1.13. The number of carboxylic acid groups (broad SMARTS) is 1. The van der Waals surface area contributed by atoms with Crippen molar-refractivity contribution in [1.82, 2.24) is 24.8 Å². The molecule has 176 valence electrons. The van der Waals surface area contributed by atoms with Gasteiger partial charge in [0.15, 0.2) is 0 Å². The number of aryl methyl sites for hydroxylation is 3. The zero-order valence-electron chi connectivity index (χ0n) is 18.5. The number of rotatable bonds is 9. The number of benzene rings is 2. The van der Waals surface area contributed by atoms with Gasteiger partial charge in [-0.3, -0.25) is 14.3 Å². The lowest BCUT2D eigenvalue weighted by Crippen LogP contribution is -2.32. The third-order valence-electron chi connectivity index (χ3n) is 5.85. The summed E-state index contributed by atoms with van der Waals surface area (Å²) in [7, 11) is 1.86. The maximum absolute atomic E-state index is 12.7. The molecule has 0 aliphatic heterocycles. The van der Waals surface area contributed by atoms with Crippen LogP contribution in [0.4, 0.5) is 0 Å². The zero-order chi connectivity index (χ0) is 24.2. The van der Waals surface area contributed by atoms with E-state index in [1.807, 2.05) is 37.5 Å². The quantitative estimate of drug-likeness (QED) is 0.376. The summed E-state index contributed by atoms with van der Waals surface area (Å²) in [6.07, 6.45) is 3.45. The summed E-state index contributed by atoms with van der Waals surface area (Å²) in [5.74, 6) is -2.18. The lowest BCUT2D eigenvalue weighted by atomic mass is 9.93. The molecule has 0 aliphatic carbocycles. The second-order valence-electron chi connectivity index (χ2n) is 8.19. The Morgan fingerprint density at radius 2 is 1.88 bits per heavy atom. The van der Waals surface area contributed by atoms with Crippen molar-refractivity contribution in [1.29, 1.82) is 0 Å². The van der Waals surface area contributed by atoms with E-state index in [2.05, 4.69) is 15.4 Å². The predicted molar refractivity (Wildman–Crippen MR) is 128 cm³/mol. The molecule has 0 amide bonds. The van der Waals surface area contributed by atoms with Gasteiger partial charge in [0.1, 0.15) is 5.52 Å². The van der Waals surface area contributed by atoms with Crippen LogP contribution in [-0.2, 0) is 24.8 Å². The Bertz CT molecular complexity index is 1370. The first kappa shape index (κ1) is 23.6. The van der Waals surface area contributed by atoms with Crippen LogP contribution in [0.5, 0.6) is 0 Å². The zero-order valence-corrected chi connectivity index (χ0v) is 19.3. The molecule has 0 fully saturated rings. The average molecular weight is 482 g/mol. The number of fused-ring (bicyclic) bond motifs is 1. The Kier molecular flexibility index (Phi) is 7.04. The molecule has 9 nitrogen and oxygen atoms in total. The SMILES string of the molecule is Cn1cc(-c2ccc(CC[C@@H](O)[C@H](CCn3nnc4cccc(Cl)c4c3=O)C(=O)O)cc2)cn1. The molecule has 4 rings (SSSR count). The van der Waals surface area contributed by atoms with Crippen LogP contribution in [0.15, 0.2) is 59.7 Å². The first-order valence-corrected chi connectivity index (χ1v) is 11.2. The molecule has 2 heterocycles. The van der Waals surface area contributed by atoms with E-state index in [4.69, 9.17) is 11.6 Å². The van der Waals surface area contributed by atoms with Gasteiger partial charge in [0, 0.05) is 25.4 Å². The fourth-order valence-corrected chi connectivity index (χ4v) is 4.17. The third-order valence-corrected chi connectivity index (χ3v) is 6.17. The Morgan fingerprint density at radius 3 is 2.56 bits per heavy atom. The van der Waals surface area contributed by atoms with Crippen molar-refractivity contribution >= 4 is 28.5 Å². The van der Waals surface area contributed by atoms with Gasteiger partial charge >= 0.3 is 5.97 Å². The molecule has 2 aromatic heterocycles. The molecular formula is C24H24ClN5O4. The Morgan fingerprint density at radius 1 is 1.12 bits per heavy atom. The summed E-state index contributed by atoms with van der Waals surface area (Å²) >= 11 is 6.12. The third kappa shape index (κ3) is 5.16. The molecule has 0 aliphatic rings. The van der Waals surface area contributed by atoms with Gasteiger partial charge in [-0.15, -0.1) is 5.10 Å². The number of aromatic nitrogens is 5. The summed E-state index contributed by atoms with van der Waals surface area (Å²) in [5.41, 5.74) is 2.96. The number of aliphatic hydroxyl groups is 1. The number of carboxylic acids is 1. The van der Waals surface area contributed by atoms with Gasteiger partial charge in [-0.25, -0.2) is 4.68 Å². The molecule has 0 bridgehead atoms. The highest BCUT2D eigenvalue weighted by Gasteiger charge is 2.26. The molecule has 2 N–H and O–H groups in total. The van der Waals surface area contributed by atoms with Crippen molar-refractivity contribution in [3.8, 4) is 11.1 Å². The van der Waals surface area contributed by atoms with E-state index >= 15 is 0 Å². The van der Waals surface area contributed by atoms with E-state index in [9.17, 15) is 19.8 Å². The van der Waals surface area contributed by atoms with Gasteiger partial charge in [-0.05, 0) is 42.5 Å². The molecule has 4 aromatic rings. The highest BCUT2D eigenvalue weighted by atomic mass is 35.5. The van der Waals surface area contributed by atoms with E-state index in [1.165, 1.54) is 0 Å². The highest BCUT2D eigenvalue weighted by molar-refractivity contribution is 6.35. The van der Waals surface area contributed by atoms with Crippen molar-refractivity contribution in [3.63, 3.8) is 0 Å². The molecule has 2 atom stereocenters.